The minimum atomic E-state index is -0.275. The van der Waals surface area contributed by atoms with Gasteiger partial charge in [0.05, 0.1) is 15.7 Å². The summed E-state index contributed by atoms with van der Waals surface area (Å²) in [6, 6.07) is 13.4. The average molecular weight is 447 g/mol. The Balaban J connectivity index is 0.00000155. The summed E-state index contributed by atoms with van der Waals surface area (Å²) in [5.41, 5.74) is 2.97. The molecule has 4 nitrogen and oxygen atoms in total. The van der Waals surface area contributed by atoms with Crippen LogP contribution in [-0.4, -0.2) is 23.1 Å². The zero-order valence-electron chi connectivity index (χ0n) is 17.1. The summed E-state index contributed by atoms with van der Waals surface area (Å²) in [4.78, 5) is 8.68. The SMILES string of the molecule is C=C(NCCCNc1nccc(-c2ccc(F)cc2)n1)c1c(Cl)cccc1Cl.CC. The van der Waals surface area contributed by atoms with Crippen molar-refractivity contribution in [3.63, 3.8) is 0 Å². The monoisotopic (exact) mass is 446 g/mol. The molecule has 0 aliphatic heterocycles. The van der Waals surface area contributed by atoms with Gasteiger partial charge in [0.25, 0.3) is 0 Å². The number of hydrogen-bond donors (Lipinski definition) is 2. The molecule has 30 heavy (non-hydrogen) atoms. The molecule has 3 rings (SSSR count). The quantitative estimate of drug-likeness (QED) is 0.378. The molecule has 0 aliphatic rings. The molecule has 0 saturated heterocycles. The first kappa shape index (κ1) is 23.6. The molecule has 0 amide bonds. The minimum absolute atomic E-state index is 0.275. The van der Waals surface area contributed by atoms with E-state index in [9.17, 15) is 4.39 Å². The third-order valence-corrected chi connectivity index (χ3v) is 4.67. The van der Waals surface area contributed by atoms with Crippen LogP contribution >= 0.6 is 23.2 Å². The standard InChI is InChI=1S/C21H19Cl2FN4.C2H6/c1-14(20-17(22)4-2-5-18(20)23)25-11-3-12-26-21-27-13-10-19(28-21)15-6-8-16(24)9-7-15;1-2/h2,4-10,13,25H,1,3,11-12H2,(H,26,27,28);1-2H3. The van der Waals surface area contributed by atoms with Crippen molar-refractivity contribution in [3.05, 3.63) is 82.7 Å². The van der Waals surface area contributed by atoms with E-state index in [-0.39, 0.29) is 5.82 Å². The highest BCUT2D eigenvalue weighted by Gasteiger charge is 2.08. The highest BCUT2D eigenvalue weighted by atomic mass is 35.5. The van der Waals surface area contributed by atoms with Gasteiger partial charge in [0.2, 0.25) is 5.95 Å². The molecular formula is C23H25Cl2FN4. The summed E-state index contributed by atoms with van der Waals surface area (Å²) in [5.74, 6) is 0.248. The van der Waals surface area contributed by atoms with Gasteiger partial charge in [-0.2, -0.15) is 0 Å². The molecule has 0 bridgehead atoms. The van der Waals surface area contributed by atoms with E-state index in [1.165, 1.54) is 12.1 Å². The van der Waals surface area contributed by atoms with Gasteiger partial charge in [-0.05, 0) is 48.9 Å². The smallest absolute Gasteiger partial charge is 0.223 e. The normalized spacial score (nSPS) is 10.0. The Kier molecular flexibility index (Phi) is 9.58. The molecule has 2 N–H and O–H groups in total. The van der Waals surface area contributed by atoms with Gasteiger partial charge in [-0.25, -0.2) is 14.4 Å². The van der Waals surface area contributed by atoms with E-state index in [1.807, 2.05) is 13.8 Å². The average Bonchev–Trinajstić information content (AvgIpc) is 2.75. The van der Waals surface area contributed by atoms with E-state index in [0.717, 1.165) is 17.7 Å². The summed E-state index contributed by atoms with van der Waals surface area (Å²) in [5, 5.41) is 7.54. The summed E-state index contributed by atoms with van der Waals surface area (Å²) in [6.45, 7) is 9.36. The van der Waals surface area contributed by atoms with E-state index in [2.05, 4.69) is 27.2 Å². The molecule has 2 aromatic carbocycles. The Hall–Kier alpha value is -2.63. The highest BCUT2D eigenvalue weighted by Crippen LogP contribution is 2.28. The molecule has 1 aromatic heterocycles. The molecule has 1 heterocycles. The van der Waals surface area contributed by atoms with Gasteiger partial charge in [-0.15, -0.1) is 0 Å². The summed E-state index contributed by atoms with van der Waals surface area (Å²) >= 11 is 12.4. The molecule has 0 fully saturated rings. The van der Waals surface area contributed by atoms with Crippen LogP contribution in [-0.2, 0) is 0 Å². The Morgan fingerprint density at radius 2 is 1.67 bits per heavy atom. The van der Waals surface area contributed by atoms with E-state index in [4.69, 9.17) is 23.2 Å². The first-order valence-corrected chi connectivity index (χ1v) is 10.5. The lowest BCUT2D eigenvalue weighted by molar-refractivity contribution is 0.628. The molecule has 0 spiro atoms. The fourth-order valence-corrected chi connectivity index (χ4v) is 3.25. The molecular weight excluding hydrogens is 422 g/mol. The predicted octanol–water partition coefficient (Wildman–Crippen LogP) is 6.68. The van der Waals surface area contributed by atoms with Crippen LogP contribution in [0.15, 0.2) is 61.3 Å². The minimum Gasteiger partial charge on any atom is -0.385 e. The Labute approximate surface area is 187 Å². The number of halogens is 3. The van der Waals surface area contributed by atoms with Gasteiger partial charge in [0.15, 0.2) is 0 Å². The first-order chi connectivity index (χ1) is 14.5. The fourth-order valence-electron chi connectivity index (χ4n) is 2.63. The lowest BCUT2D eigenvalue weighted by atomic mass is 10.1. The predicted molar refractivity (Wildman–Crippen MR) is 125 cm³/mol. The van der Waals surface area contributed by atoms with Gasteiger partial charge in [0.1, 0.15) is 5.82 Å². The van der Waals surface area contributed by atoms with Crippen molar-refractivity contribution in [2.75, 3.05) is 18.4 Å². The zero-order chi connectivity index (χ0) is 21.9. The zero-order valence-corrected chi connectivity index (χ0v) is 18.6. The molecule has 0 saturated carbocycles. The molecule has 3 aromatic rings. The lowest BCUT2D eigenvalue weighted by Gasteiger charge is -2.13. The Morgan fingerprint density at radius 1 is 1.00 bits per heavy atom. The van der Waals surface area contributed by atoms with Crippen LogP contribution in [0.3, 0.4) is 0 Å². The lowest BCUT2D eigenvalue weighted by Crippen LogP contribution is -2.17. The van der Waals surface area contributed by atoms with Crippen molar-refractivity contribution in [2.45, 2.75) is 20.3 Å². The number of benzene rings is 2. The third-order valence-electron chi connectivity index (χ3n) is 4.04. The van der Waals surface area contributed by atoms with E-state index in [0.29, 0.717) is 40.3 Å². The largest absolute Gasteiger partial charge is 0.385 e. The van der Waals surface area contributed by atoms with Crippen LogP contribution < -0.4 is 10.6 Å². The van der Waals surface area contributed by atoms with Gasteiger partial charge in [-0.1, -0.05) is 49.7 Å². The number of aromatic nitrogens is 2. The van der Waals surface area contributed by atoms with E-state index < -0.39 is 0 Å². The summed E-state index contributed by atoms with van der Waals surface area (Å²) < 4.78 is 13.1. The van der Waals surface area contributed by atoms with Crippen LogP contribution in [0.5, 0.6) is 0 Å². The number of nitrogens with zero attached hydrogens (tertiary/aromatic N) is 2. The molecule has 0 unspecified atom stereocenters. The van der Waals surface area contributed by atoms with Crippen LogP contribution in [0.2, 0.25) is 10.0 Å². The van der Waals surface area contributed by atoms with Crippen LogP contribution in [0.4, 0.5) is 10.3 Å². The van der Waals surface area contributed by atoms with Gasteiger partial charge >= 0.3 is 0 Å². The third kappa shape index (κ3) is 6.71. The number of anilines is 1. The maximum absolute atomic E-state index is 13.1. The summed E-state index contributed by atoms with van der Waals surface area (Å²) in [6.07, 6.45) is 2.48. The molecule has 0 radical (unpaired) electrons. The summed E-state index contributed by atoms with van der Waals surface area (Å²) in [7, 11) is 0. The molecule has 7 heteroatoms. The molecule has 0 aliphatic carbocycles. The number of hydrogen-bond acceptors (Lipinski definition) is 4. The first-order valence-electron chi connectivity index (χ1n) is 9.74. The van der Waals surface area contributed by atoms with E-state index in [1.54, 1.807) is 42.6 Å². The topological polar surface area (TPSA) is 49.8 Å². The van der Waals surface area contributed by atoms with Crippen LogP contribution in [0, 0.1) is 5.82 Å². The van der Waals surface area contributed by atoms with Gasteiger partial charge in [-0.3, -0.25) is 0 Å². The van der Waals surface area contributed by atoms with Crippen molar-refractivity contribution in [1.82, 2.24) is 15.3 Å². The van der Waals surface area contributed by atoms with Crippen LogP contribution in [0.1, 0.15) is 25.8 Å². The van der Waals surface area contributed by atoms with E-state index >= 15 is 0 Å². The second kappa shape index (κ2) is 12.2. The molecule has 0 atom stereocenters. The Bertz CT molecular complexity index is 941. The van der Waals surface area contributed by atoms with Gasteiger partial charge < -0.3 is 10.6 Å². The number of nitrogens with one attached hydrogen (secondary N) is 2. The van der Waals surface area contributed by atoms with Crippen molar-refractivity contribution in [2.24, 2.45) is 0 Å². The maximum Gasteiger partial charge on any atom is 0.223 e. The van der Waals surface area contributed by atoms with Crippen molar-refractivity contribution in [3.8, 4) is 11.3 Å². The van der Waals surface area contributed by atoms with Crippen LogP contribution in [0.25, 0.3) is 17.0 Å². The molecule has 158 valence electrons. The van der Waals surface area contributed by atoms with Crippen molar-refractivity contribution in [1.29, 1.82) is 0 Å². The van der Waals surface area contributed by atoms with Gasteiger partial charge in [0, 0.05) is 36.1 Å². The Morgan fingerprint density at radius 3 is 2.33 bits per heavy atom. The second-order valence-corrected chi connectivity index (χ2v) is 6.87. The maximum atomic E-state index is 13.1. The fraction of sp³-hybridized carbons (Fsp3) is 0.217. The number of rotatable bonds is 8. The highest BCUT2D eigenvalue weighted by molar-refractivity contribution is 6.37. The second-order valence-electron chi connectivity index (χ2n) is 6.05. The van der Waals surface area contributed by atoms with Crippen molar-refractivity contribution < 1.29 is 4.39 Å². The van der Waals surface area contributed by atoms with Crippen molar-refractivity contribution >= 4 is 34.8 Å².